The van der Waals surface area contributed by atoms with Gasteiger partial charge >= 0.3 is 5.97 Å². The van der Waals surface area contributed by atoms with Gasteiger partial charge in [0.25, 0.3) is 0 Å². The molecule has 0 aromatic heterocycles. The molecule has 0 saturated carbocycles. The fourth-order valence-corrected chi connectivity index (χ4v) is 8.73. The summed E-state index contributed by atoms with van der Waals surface area (Å²) in [5, 5.41) is 23.2. The van der Waals surface area contributed by atoms with E-state index in [4.69, 9.17) is 33.2 Å². The average Bonchev–Trinajstić information content (AvgIpc) is 3.34. The highest BCUT2D eigenvalue weighted by molar-refractivity contribution is 5.73. The van der Waals surface area contributed by atoms with Crippen molar-refractivity contribution in [2.45, 2.75) is 174 Å². The fraction of sp³-hybridized carbons (Fsp3) is 0.919. The van der Waals surface area contributed by atoms with Crippen molar-refractivity contribution in [2.75, 3.05) is 21.2 Å². The van der Waals surface area contributed by atoms with Crippen molar-refractivity contribution in [3.05, 3.63) is 11.3 Å². The van der Waals surface area contributed by atoms with E-state index in [9.17, 15) is 15.0 Å². The highest BCUT2D eigenvalue weighted by atomic mass is 16.7. The number of esters is 1. The molecule has 4 rings (SSSR count). The van der Waals surface area contributed by atoms with Crippen molar-refractivity contribution in [3.63, 3.8) is 0 Å². The average molecular weight is 684 g/mol. The monoisotopic (exact) mass is 683 g/mol. The van der Waals surface area contributed by atoms with Gasteiger partial charge in [-0.25, -0.2) is 0 Å². The van der Waals surface area contributed by atoms with E-state index in [-0.39, 0.29) is 30.1 Å². The van der Waals surface area contributed by atoms with E-state index in [2.05, 4.69) is 0 Å². The summed E-state index contributed by atoms with van der Waals surface area (Å²) in [6.45, 7) is 19.7. The van der Waals surface area contributed by atoms with E-state index in [1.54, 1.807) is 7.11 Å². The number of hydrogen-bond donors (Lipinski definition) is 2. The Morgan fingerprint density at radius 2 is 1.58 bits per heavy atom. The Balaban J connectivity index is 1.81. The number of fused-ring (bicyclic) bond motifs is 2. The Labute approximate surface area is 288 Å². The number of carbonyl (C=O) groups is 1. The number of cyclic esters (lactones) is 1. The number of aliphatic hydroxyl groups is 2. The van der Waals surface area contributed by atoms with Crippen LogP contribution in [0.2, 0.25) is 0 Å². The third-order valence-electron chi connectivity index (χ3n) is 11.6. The standard InChI is InChI=1S/C37H65NO10/c1-14-27-22(5)29(39)23(6)31-19(2)16-37(10,48-31)33(47-35-30(40)26(38(11)12)15-20(3)44-35)24(7)32(25(8)34(41)45-27)46-28-18-36(9,42-13)17-21(4)43-28/h20-30,32-33,35,39-40H,14-18H2,1-13H3/t20-,21+,22+,23-,24+,25-,26+,27-,28+,29+,30-,32+,33-,35+,36+,37-/m1/s1. The first-order chi connectivity index (χ1) is 22.3. The van der Waals surface area contributed by atoms with Crippen LogP contribution in [0.15, 0.2) is 11.3 Å². The number of rotatable bonds is 7. The molecule has 4 heterocycles. The molecule has 0 spiro atoms. The molecule has 2 N–H and O–H groups in total. The fourth-order valence-electron chi connectivity index (χ4n) is 8.73. The van der Waals surface area contributed by atoms with Crippen LogP contribution in [0, 0.1) is 23.7 Å². The van der Waals surface area contributed by atoms with Crippen molar-refractivity contribution >= 4 is 5.97 Å². The van der Waals surface area contributed by atoms with E-state index >= 15 is 0 Å². The maximum atomic E-state index is 14.1. The second kappa shape index (κ2) is 15.5. The van der Waals surface area contributed by atoms with Crippen LogP contribution in [0.1, 0.15) is 101 Å². The van der Waals surface area contributed by atoms with Crippen LogP contribution in [0.5, 0.6) is 0 Å². The van der Waals surface area contributed by atoms with Crippen LogP contribution < -0.4 is 0 Å². The number of aliphatic hydroxyl groups excluding tert-OH is 2. The van der Waals surface area contributed by atoms with Crippen LogP contribution in [0.3, 0.4) is 0 Å². The molecule has 0 aliphatic carbocycles. The zero-order valence-corrected chi connectivity index (χ0v) is 31.7. The minimum absolute atomic E-state index is 0.123. The molecule has 11 heteroatoms. The molecule has 4 aliphatic rings. The molecule has 3 fully saturated rings. The number of nitrogens with zero attached hydrogens (tertiary/aromatic N) is 1. The number of ether oxygens (including phenoxy) is 7. The number of methoxy groups -OCH3 is 1. The van der Waals surface area contributed by atoms with Gasteiger partial charge in [-0.3, -0.25) is 4.79 Å². The van der Waals surface area contributed by atoms with Gasteiger partial charge in [0.05, 0.1) is 35.9 Å². The van der Waals surface area contributed by atoms with Gasteiger partial charge in [-0.1, -0.05) is 27.7 Å². The Kier molecular flexibility index (Phi) is 12.8. The van der Waals surface area contributed by atoms with E-state index in [0.29, 0.717) is 37.9 Å². The minimum atomic E-state index is -0.952. The lowest BCUT2D eigenvalue weighted by molar-refractivity contribution is -0.308. The summed E-state index contributed by atoms with van der Waals surface area (Å²) in [6.07, 6.45) is -2.65. The van der Waals surface area contributed by atoms with Crippen molar-refractivity contribution in [3.8, 4) is 0 Å². The highest BCUT2D eigenvalue weighted by Gasteiger charge is 2.54. The summed E-state index contributed by atoms with van der Waals surface area (Å²) in [4.78, 5) is 16.1. The summed E-state index contributed by atoms with van der Waals surface area (Å²) in [5.41, 5.74) is -0.370. The second-order valence-electron chi connectivity index (χ2n) is 16.1. The number of carbonyl (C=O) groups excluding carboxylic acids is 1. The molecule has 16 atom stereocenters. The molecule has 2 bridgehead atoms. The minimum Gasteiger partial charge on any atom is -0.489 e. The van der Waals surface area contributed by atoms with Crippen LogP contribution in [-0.2, 0) is 38.0 Å². The molecular weight excluding hydrogens is 618 g/mol. The van der Waals surface area contributed by atoms with Crippen LogP contribution in [0.4, 0.5) is 0 Å². The summed E-state index contributed by atoms with van der Waals surface area (Å²) in [7, 11) is 5.59. The third kappa shape index (κ3) is 8.25. The van der Waals surface area contributed by atoms with Crippen molar-refractivity contribution in [1.29, 1.82) is 0 Å². The molecule has 0 amide bonds. The first kappa shape index (κ1) is 39.5. The summed E-state index contributed by atoms with van der Waals surface area (Å²) >= 11 is 0. The molecule has 0 radical (unpaired) electrons. The van der Waals surface area contributed by atoms with Crippen LogP contribution >= 0.6 is 0 Å². The van der Waals surface area contributed by atoms with Gasteiger partial charge in [-0.15, -0.1) is 0 Å². The van der Waals surface area contributed by atoms with E-state index < -0.39 is 72.1 Å². The zero-order valence-electron chi connectivity index (χ0n) is 31.7. The Morgan fingerprint density at radius 3 is 2.19 bits per heavy atom. The van der Waals surface area contributed by atoms with Crippen molar-refractivity contribution in [2.24, 2.45) is 23.7 Å². The third-order valence-corrected chi connectivity index (χ3v) is 11.6. The zero-order chi connectivity index (χ0) is 35.9. The van der Waals surface area contributed by atoms with Crippen LogP contribution in [0.25, 0.3) is 0 Å². The predicted molar refractivity (Wildman–Crippen MR) is 181 cm³/mol. The molecule has 0 unspecified atom stereocenters. The molecule has 48 heavy (non-hydrogen) atoms. The van der Waals surface area contributed by atoms with Gasteiger partial charge < -0.3 is 48.3 Å². The second-order valence-corrected chi connectivity index (χ2v) is 16.1. The van der Waals surface area contributed by atoms with Gasteiger partial charge in [0.15, 0.2) is 12.6 Å². The lowest BCUT2D eigenvalue weighted by atomic mass is 9.79. The van der Waals surface area contributed by atoms with Crippen LogP contribution in [-0.4, -0.2) is 115 Å². The van der Waals surface area contributed by atoms with E-state index in [1.165, 1.54) is 0 Å². The first-order valence-electron chi connectivity index (χ1n) is 18.1. The highest BCUT2D eigenvalue weighted by Crippen LogP contribution is 2.47. The molecular formula is C37H65NO10. The summed E-state index contributed by atoms with van der Waals surface area (Å²) < 4.78 is 45.4. The largest absolute Gasteiger partial charge is 0.489 e. The van der Waals surface area contributed by atoms with Gasteiger partial charge in [-0.2, -0.15) is 0 Å². The van der Waals surface area contributed by atoms with Gasteiger partial charge in [0, 0.05) is 50.2 Å². The predicted octanol–water partition coefficient (Wildman–Crippen LogP) is 4.81. The SMILES string of the molecule is CC[C@H]1OC(=O)[C@H](C)[C@@H](O[C@H]2C[C@@](C)(OC)C[C@H](C)O2)[C@H](C)[C@@H](O[C@@H]2O[C@H](C)C[C@H](N(C)C)[C@H]2O)[C@@]2(C)CC(C)=C(O2)[C@H](C)[C@@H](O)[C@H]1C. The van der Waals surface area contributed by atoms with Gasteiger partial charge in [0.2, 0.25) is 0 Å². The normalized spacial score (nSPS) is 48.0. The van der Waals surface area contributed by atoms with Crippen molar-refractivity contribution in [1.82, 2.24) is 4.90 Å². The molecule has 11 nitrogen and oxygen atoms in total. The van der Waals surface area contributed by atoms with Gasteiger partial charge in [0.1, 0.15) is 29.7 Å². The van der Waals surface area contributed by atoms with E-state index in [0.717, 1.165) is 5.57 Å². The maximum absolute atomic E-state index is 14.1. The molecule has 278 valence electrons. The van der Waals surface area contributed by atoms with E-state index in [1.807, 2.05) is 88.2 Å². The first-order valence-corrected chi connectivity index (χ1v) is 18.1. The number of likely N-dealkylation sites (N-methyl/N-ethyl adjacent to an activating group) is 1. The topological polar surface area (TPSA) is 125 Å². The Morgan fingerprint density at radius 1 is 0.917 bits per heavy atom. The van der Waals surface area contributed by atoms with Crippen molar-refractivity contribution < 1.29 is 48.2 Å². The quantitative estimate of drug-likeness (QED) is 0.360. The summed E-state index contributed by atoms with van der Waals surface area (Å²) in [6, 6.07) is -0.177. The lowest BCUT2D eigenvalue weighted by Gasteiger charge is -2.48. The lowest BCUT2D eigenvalue weighted by Crippen LogP contribution is -2.59. The Hall–Kier alpha value is -1.31. The molecule has 4 aliphatic heterocycles. The molecule has 0 aromatic carbocycles. The molecule has 0 aromatic rings. The Bertz CT molecular complexity index is 1130. The van der Waals surface area contributed by atoms with Gasteiger partial charge in [-0.05, 0) is 74.1 Å². The summed E-state index contributed by atoms with van der Waals surface area (Å²) in [5.74, 6) is -1.60. The smallest absolute Gasteiger partial charge is 0.311 e. The number of hydrogen-bond acceptors (Lipinski definition) is 11. The maximum Gasteiger partial charge on any atom is 0.311 e. The molecule has 3 saturated heterocycles.